The molecule has 1 aliphatic carbocycles. The van der Waals surface area contributed by atoms with Crippen LogP contribution in [0.25, 0.3) is 0 Å². The van der Waals surface area contributed by atoms with Gasteiger partial charge in [-0.2, -0.15) is 0 Å². The Morgan fingerprint density at radius 1 is 1.25 bits per heavy atom. The maximum absolute atomic E-state index is 5.54. The highest BCUT2D eigenvalue weighted by molar-refractivity contribution is 4.80. The van der Waals surface area contributed by atoms with E-state index in [9.17, 15) is 0 Å². The van der Waals surface area contributed by atoms with Crippen molar-refractivity contribution in [3.8, 4) is 0 Å². The molecule has 0 aliphatic heterocycles. The van der Waals surface area contributed by atoms with Crippen LogP contribution in [0.1, 0.15) is 40.0 Å². The zero-order valence-electron chi connectivity index (χ0n) is 8.84. The Kier molecular flexibility index (Phi) is 3.57. The van der Waals surface area contributed by atoms with Crippen molar-refractivity contribution in [1.29, 1.82) is 0 Å². The molecule has 0 amide bonds. The summed E-state index contributed by atoms with van der Waals surface area (Å²) in [4.78, 5) is 0. The maximum atomic E-state index is 5.54. The van der Waals surface area contributed by atoms with E-state index in [2.05, 4.69) is 20.8 Å². The Labute approximate surface area is 76.5 Å². The Balaban J connectivity index is 2.50. The second kappa shape index (κ2) is 4.27. The molecule has 1 aliphatic rings. The van der Waals surface area contributed by atoms with Crippen molar-refractivity contribution in [2.75, 3.05) is 7.11 Å². The quantitative estimate of drug-likeness (QED) is 0.619. The van der Waals surface area contributed by atoms with Gasteiger partial charge in [-0.1, -0.05) is 27.2 Å². The lowest BCUT2D eigenvalue weighted by molar-refractivity contribution is -0.00982. The molecule has 0 aromatic carbocycles. The number of methoxy groups -OCH3 is 1. The van der Waals surface area contributed by atoms with Gasteiger partial charge in [-0.05, 0) is 30.6 Å². The summed E-state index contributed by atoms with van der Waals surface area (Å²) in [5.41, 5.74) is 0. The summed E-state index contributed by atoms with van der Waals surface area (Å²) in [6, 6.07) is 0. The largest absolute Gasteiger partial charge is 0.381 e. The van der Waals surface area contributed by atoms with E-state index in [-0.39, 0.29) is 0 Å². The number of ether oxygens (including phenoxy) is 1. The average Bonchev–Trinajstić information content (AvgIpc) is 2.03. The third kappa shape index (κ3) is 2.22. The maximum Gasteiger partial charge on any atom is 0.0604 e. The van der Waals surface area contributed by atoms with Gasteiger partial charge in [-0.15, -0.1) is 0 Å². The van der Waals surface area contributed by atoms with Crippen LogP contribution in [0.4, 0.5) is 0 Å². The molecule has 0 N–H and O–H groups in total. The Bertz CT molecular complexity index is 131. The normalized spacial score (nSPS) is 37.2. The van der Waals surface area contributed by atoms with E-state index in [4.69, 9.17) is 4.74 Å². The highest BCUT2D eigenvalue weighted by Crippen LogP contribution is 2.34. The molecule has 0 radical (unpaired) electrons. The monoisotopic (exact) mass is 170 g/mol. The van der Waals surface area contributed by atoms with E-state index in [1.54, 1.807) is 0 Å². The van der Waals surface area contributed by atoms with Crippen LogP contribution in [0.2, 0.25) is 0 Å². The molecule has 0 aromatic heterocycles. The van der Waals surface area contributed by atoms with Gasteiger partial charge in [-0.25, -0.2) is 0 Å². The van der Waals surface area contributed by atoms with E-state index in [1.165, 1.54) is 19.3 Å². The first-order valence-corrected chi connectivity index (χ1v) is 5.18. The van der Waals surface area contributed by atoms with Crippen LogP contribution in [-0.4, -0.2) is 13.2 Å². The molecule has 1 nitrogen and oxygen atoms in total. The first kappa shape index (κ1) is 10.0. The van der Waals surface area contributed by atoms with Crippen LogP contribution < -0.4 is 0 Å². The van der Waals surface area contributed by atoms with Crippen LogP contribution in [0.15, 0.2) is 0 Å². The SMILES string of the molecule is CO[C@H]1C[C@H](C)CC[C@@H]1C(C)C. The molecule has 1 saturated carbocycles. The Hall–Kier alpha value is -0.0400. The summed E-state index contributed by atoms with van der Waals surface area (Å²) in [7, 11) is 1.86. The fourth-order valence-electron chi connectivity index (χ4n) is 2.39. The van der Waals surface area contributed by atoms with E-state index in [1.807, 2.05) is 7.11 Å². The fourth-order valence-corrected chi connectivity index (χ4v) is 2.39. The number of rotatable bonds is 2. The molecule has 0 saturated heterocycles. The molecule has 0 heterocycles. The Morgan fingerprint density at radius 2 is 1.92 bits per heavy atom. The molecule has 0 spiro atoms. The third-order valence-corrected chi connectivity index (χ3v) is 3.26. The second-order valence-corrected chi connectivity index (χ2v) is 4.60. The zero-order chi connectivity index (χ0) is 9.14. The van der Waals surface area contributed by atoms with Gasteiger partial charge in [0.05, 0.1) is 6.10 Å². The van der Waals surface area contributed by atoms with Crippen molar-refractivity contribution in [2.24, 2.45) is 17.8 Å². The summed E-state index contributed by atoms with van der Waals surface area (Å²) < 4.78 is 5.54. The molecular weight excluding hydrogens is 148 g/mol. The third-order valence-electron chi connectivity index (χ3n) is 3.26. The van der Waals surface area contributed by atoms with Crippen molar-refractivity contribution < 1.29 is 4.74 Å². The van der Waals surface area contributed by atoms with Gasteiger partial charge in [0, 0.05) is 7.11 Å². The molecule has 0 unspecified atom stereocenters. The summed E-state index contributed by atoms with van der Waals surface area (Å²) >= 11 is 0. The first-order valence-electron chi connectivity index (χ1n) is 5.18. The van der Waals surface area contributed by atoms with E-state index >= 15 is 0 Å². The van der Waals surface area contributed by atoms with Crippen LogP contribution in [0.5, 0.6) is 0 Å². The number of hydrogen-bond acceptors (Lipinski definition) is 1. The Morgan fingerprint density at radius 3 is 2.42 bits per heavy atom. The van der Waals surface area contributed by atoms with Crippen molar-refractivity contribution in [3.63, 3.8) is 0 Å². The smallest absolute Gasteiger partial charge is 0.0604 e. The van der Waals surface area contributed by atoms with Crippen molar-refractivity contribution in [3.05, 3.63) is 0 Å². The van der Waals surface area contributed by atoms with E-state index in [0.717, 1.165) is 17.8 Å². The molecule has 0 aromatic rings. The lowest BCUT2D eigenvalue weighted by atomic mass is 9.75. The number of hydrogen-bond donors (Lipinski definition) is 0. The summed E-state index contributed by atoms with van der Waals surface area (Å²) in [5.74, 6) is 2.44. The molecule has 1 rings (SSSR count). The minimum atomic E-state index is 0.522. The summed E-state index contributed by atoms with van der Waals surface area (Å²) in [6.07, 6.45) is 4.54. The predicted molar refractivity (Wildman–Crippen MR) is 52.1 cm³/mol. The van der Waals surface area contributed by atoms with Crippen LogP contribution in [0, 0.1) is 17.8 Å². The van der Waals surface area contributed by atoms with Crippen LogP contribution in [-0.2, 0) is 4.74 Å². The summed E-state index contributed by atoms with van der Waals surface area (Å²) in [5, 5.41) is 0. The minimum Gasteiger partial charge on any atom is -0.381 e. The molecule has 0 bridgehead atoms. The molecule has 3 atom stereocenters. The topological polar surface area (TPSA) is 9.23 Å². The van der Waals surface area contributed by atoms with Gasteiger partial charge in [0.25, 0.3) is 0 Å². The van der Waals surface area contributed by atoms with Gasteiger partial charge in [0.15, 0.2) is 0 Å². The standard InChI is InChI=1S/C11H22O/c1-8(2)10-6-5-9(3)7-11(10)12-4/h8-11H,5-7H2,1-4H3/t9-,10-,11+/m1/s1. The van der Waals surface area contributed by atoms with Crippen molar-refractivity contribution >= 4 is 0 Å². The van der Waals surface area contributed by atoms with Gasteiger partial charge in [0.2, 0.25) is 0 Å². The summed E-state index contributed by atoms with van der Waals surface area (Å²) in [6.45, 7) is 6.96. The molecule has 1 fully saturated rings. The van der Waals surface area contributed by atoms with Gasteiger partial charge >= 0.3 is 0 Å². The molecular formula is C11H22O. The van der Waals surface area contributed by atoms with Gasteiger partial charge < -0.3 is 4.74 Å². The van der Waals surface area contributed by atoms with Crippen molar-refractivity contribution in [1.82, 2.24) is 0 Å². The first-order chi connectivity index (χ1) is 5.65. The zero-order valence-corrected chi connectivity index (χ0v) is 8.84. The molecule has 72 valence electrons. The molecule has 12 heavy (non-hydrogen) atoms. The van der Waals surface area contributed by atoms with Crippen LogP contribution in [0.3, 0.4) is 0 Å². The highest BCUT2D eigenvalue weighted by Gasteiger charge is 2.30. The van der Waals surface area contributed by atoms with Crippen molar-refractivity contribution in [2.45, 2.75) is 46.1 Å². The molecule has 1 heteroatoms. The predicted octanol–water partition coefficient (Wildman–Crippen LogP) is 3.09. The lowest BCUT2D eigenvalue weighted by Crippen LogP contribution is -2.33. The van der Waals surface area contributed by atoms with E-state index < -0.39 is 0 Å². The van der Waals surface area contributed by atoms with Gasteiger partial charge in [0.1, 0.15) is 0 Å². The van der Waals surface area contributed by atoms with E-state index in [0.29, 0.717) is 6.10 Å². The fraction of sp³-hybridized carbons (Fsp3) is 1.00. The van der Waals surface area contributed by atoms with Crippen LogP contribution >= 0.6 is 0 Å². The lowest BCUT2D eigenvalue weighted by Gasteiger charge is -2.36. The van der Waals surface area contributed by atoms with Gasteiger partial charge in [-0.3, -0.25) is 0 Å². The second-order valence-electron chi connectivity index (χ2n) is 4.60. The highest BCUT2D eigenvalue weighted by atomic mass is 16.5. The average molecular weight is 170 g/mol. The minimum absolute atomic E-state index is 0.522.